The van der Waals surface area contributed by atoms with Crippen LogP contribution in [0.3, 0.4) is 0 Å². The lowest BCUT2D eigenvalue weighted by Gasteiger charge is -2.39. The van der Waals surface area contributed by atoms with Gasteiger partial charge in [-0.15, -0.1) is 0 Å². The molecule has 1 N–H and O–H groups in total. The summed E-state index contributed by atoms with van der Waals surface area (Å²) in [5.41, 5.74) is 4.05. The second-order valence-electron chi connectivity index (χ2n) is 8.38. The van der Waals surface area contributed by atoms with Crippen LogP contribution in [-0.4, -0.2) is 36.2 Å². The van der Waals surface area contributed by atoms with E-state index >= 15 is 0 Å². The molecule has 0 amide bonds. The number of benzene rings is 2. The Balaban J connectivity index is 2.03. The van der Waals surface area contributed by atoms with Gasteiger partial charge in [-0.25, -0.2) is 0 Å². The molecule has 3 rings (SSSR count). The Hall–Kier alpha value is -1.90. The fraction of sp³-hybridized carbons (Fsp3) is 0.440. The van der Waals surface area contributed by atoms with Crippen LogP contribution in [0.15, 0.2) is 60.2 Å². The molecular weight excluding hydrogens is 330 g/mol. The van der Waals surface area contributed by atoms with Crippen LogP contribution in [-0.2, 0) is 6.42 Å². The number of nitrogens with zero attached hydrogens (tertiary/aromatic N) is 1. The van der Waals surface area contributed by atoms with Gasteiger partial charge in [-0.05, 0) is 57.0 Å². The minimum atomic E-state index is -0.801. The Morgan fingerprint density at radius 1 is 1.07 bits per heavy atom. The van der Waals surface area contributed by atoms with Crippen LogP contribution in [0.1, 0.15) is 42.4 Å². The number of hydrogen-bond acceptors (Lipinski definition) is 2. The molecule has 0 aliphatic heterocycles. The Labute approximate surface area is 164 Å². The highest BCUT2D eigenvalue weighted by molar-refractivity contribution is 5.56. The van der Waals surface area contributed by atoms with Crippen LogP contribution in [0.5, 0.6) is 0 Å². The van der Waals surface area contributed by atoms with E-state index in [-0.39, 0.29) is 5.92 Å². The van der Waals surface area contributed by atoms with Crippen molar-refractivity contribution in [3.63, 3.8) is 0 Å². The molecule has 2 heteroatoms. The van der Waals surface area contributed by atoms with Gasteiger partial charge in [-0.1, -0.05) is 72.7 Å². The molecule has 2 aromatic rings. The molecular formula is C25H33NO. The van der Waals surface area contributed by atoms with Crippen molar-refractivity contribution in [1.29, 1.82) is 0 Å². The highest BCUT2D eigenvalue weighted by Crippen LogP contribution is 2.40. The van der Waals surface area contributed by atoms with Gasteiger partial charge in [0.2, 0.25) is 0 Å². The standard InChI is InChI=1S/C25H33NO/c1-20-10-9-13-22(16-20)18-25(27)23(17-21-11-5-4-6-12-21)14-7-8-15-24(25)19-26(2)3/h4-6,9-13,16-17,24,27H,7-8,14-15,18-19H2,1-3H3. The molecule has 144 valence electrons. The van der Waals surface area contributed by atoms with Gasteiger partial charge >= 0.3 is 0 Å². The van der Waals surface area contributed by atoms with Crippen molar-refractivity contribution in [2.45, 2.75) is 44.6 Å². The fourth-order valence-corrected chi connectivity index (χ4v) is 4.45. The van der Waals surface area contributed by atoms with E-state index in [1.807, 2.05) is 6.07 Å². The van der Waals surface area contributed by atoms with Crippen LogP contribution in [0.25, 0.3) is 6.08 Å². The van der Waals surface area contributed by atoms with Gasteiger partial charge in [0.25, 0.3) is 0 Å². The summed E-state index contributed by atoms with van der Waals surface area (Å²) >= 11 is 0. The molecule has 0 heterocycles. The van der Waals surface area contributed by atoms with Crippen LogP contribution in [0.2, 0.25) is 0 Å². The second kappa shape index (κ2) is 8.86. The van der Waals surface area contributed by atoms with E-state index in [2.05, 4.69) is 80.5 Å². The van der Waals surface area contributed by atoms with E-state index in [0.29, 0.717) is 6.42 Å². The molecule has 0 saturated heterocycles. The number of hydrogen-bond donors (Lipinski definition) is 1. The second-order valence-corrected chi connectivity index (χ2v) is 8.38. The summed E-state index contributed by atoms with van der Waals surface area (Å²) in [6.45, 7) is 3.03. The maximum absolute atomic E-state index is 12.1. The van der Waals surface area contributed by atoms with Crippen molar-refractivity contribution in [2.24, 2.45) is 5.92 Å². The third kappa shape index (κ3) is 5.09. The van der Waals surface area contributed by atoms with Gasteiger partial charge in [-0.3, -0.25) is 0 Å². The molecule has 1 saturated carbocycles. The highest BCUT2D eigenvalue weighted by atomic mass is 16.3. The van der Waals surface area contributed by atoms with Crippen molar-refractivity contribution in [3.8, 4) is 0 Å². The number of aliphatic hydroxyl groups is 1. The van der Waals surface area contributed by atoms with E-state index in [0.717, 1.165) is 25.8 Å². The maximum Gasteiger partial charge on any atom is 0.0940 e. The van der Waals surface area contributed by atoms with Crippen LogP contribution < -0.4 is 0 Å². The van der Waals surface area contributed by atoms with Crippen LogP contribution in [0.4, 0.5) is 0 Å². The van der Waals surface area contributed by atoms with Crippen molar-refractivity contribution in [2.75, 3.05) is 20.6 Å². The fourth-order valence-electron chi connectivity index (χ4n) is 4.45. The first-order valence-corrected chi connectivity index (χ1v) is 10.2. The molecule has 2 aromatic carbocycles. The summed E-state index contributed by atoms with van der Waals surface area (Å²) in [4.78, 5) is 2.22. The zero-order valence-electron chi connectivity index (χ0n) is 17.0. The number of rotatable bonds is 5. The zero-order valence-corrected chi connectivity index (χ0v) is 17.0. The highest BCUT2D eigenvalue weighted by Gasteiger charge is 2.41. The van der Waals surface area contributed by atoms with Crippen LogP contribution in [0, 0.1) is 12.8 Å². The normalized spacial score (nSPS) is 24.9. The summed E-state index contributed by atoms with van der Waals surface area (Å²) in [5.74, 6) is 0.241. The van der Waals surface area contributed by atoms with Gasteiger partial charge in [0, 0.05) is 18.9 Å². The molecule has 2 nitrogen and oxygen atoms in total. The minimum absolute atomic E-state index is 0.241. The molecule has 1 fully saturated rings. The quantitative estimate of drug-likeness (QED) is 0.747. The summed E-state index contributed by atoms with van der Waals surface area (Å²) < 4.78 is 0. The van der Waals surface area contributed by atoms with Gasteiger partial charge in [0.15, 0.2) is 0 Å². The van der Waals surface area contributed by atoms with Crippen molar-refractivity contribution >= 4 is 6.08 Å². The molecule has 27 heavy (non-hydrogen) atoms. The average Bonchev–Trinajstić information content (AvgIpc) is 2.76. The summed E-state index contributed by atoms with van der Waals surface area (Å²) in [5, 5.41) is 12.1. The zero-order chi connectivity index (χ0) is 19.3. The monoisotopic (exact) mass is 363 g/mol. The Morgan fingerprint density at radius 2 is 1.85 bits per heavy atom. The summed E-state index contributed by atoms with van der Waals surface area (Å²) in [6, 6.07) is 19.0. The lowest BCUT2D eigenvalue weighted by Crippen LogP contribution is -2.45. The van der Waals surface area contributed by atoms with Gasteiger partial charge < -0.3 is 10.0 Å². The first kappa shape index (κ1) is 19.9. The Morgan fingerprint density at radius 3 is 2.56 bits per heavy atom. The predicted octanol–water partition coefficient (Wildman–Crippen LogP) is 5.10. The SMILES string of the molecule is Cc1cccc(CC2(O)C(=Cc3ccccc3)CCCCC2CN(C)C)c1. The maximum atomic E-state index is 12.1. The molecule has 2 atom stereocenters. The van der Waals surface area contributed by atoms with Gasteiger partial charge in [0.05, 0.1) is 5.60 Å². The van der Waals surface area contributed by atoms with Crippen molar-refractivity contribution in [1.82, 2.24) is 4.90 Å². The van der Waals surface area contributed by atoms with Gasteiger partial charge in [0.1, 0.15) is 0 Å². The first-order valence-electron chi connectivity index (χ1n) is 10.2. The molecule has 0 spiro atoms. The Kier molecular flexibility index (Phi) is 6.51. The van der Waals surface area contributed by atoms with E-state index in [9.17, 15) is 5.11 Å². The molecule has 0 bridgehead atoms. The summed E-state index contributed by atoms with van der Waals surface area (Å²) in [6.07, 6.45) is 7.31. The van der Waals surface area contributed by atoms with E-state index in [1.54, 1.807) is 0 Å². The third-order valence-electron chi connectivity index (χ3n) is 5.76. The smallest absolute Gasteiger partial charge is 0.0940 e. The first-order chi connectivity index (χ1) is 13.0. The van der Waals surface area contributed by atoms with Crippen molar-refractivity contribution < 1.29 is 5.11 Å². The Bertz CT molecular complexity index is 765. The largest absolute Gasteiger partial charge is 0.385 e. The predicted molar refractivity (Wildman–Crippen MR) is 115 cm³/mol. The molecule has 0 radical (unpaired) electrons. The lowest BCUT2D eigenvalue weighted by atomic mass is 9.74. The third-order valence-corrected chi connectivity index (χ3v) is 5.76. The topological polar surface area (TPSA) is 23.5 Å². The molecule has 0 aromatic heterocycles. The lowest BCUT2D eigenvalue weighted by molar-refractivity contribution is 0.00516. The van der Waals surface area contributed by atoms with E-state index in [4.69, 9.17) is 0 Å². The van der Waals surface area contributed by atoms with E-state index in [1.165, 1.54) is 28.7 Å². The van der Waals surface area contributed by atoms with Crippen molar-refractivity contribution in [3.05, 3.63) is 76.9 Å². The van der Waals surface area contributed by atoms with E-state index < -0.39 is 5.60 Å². The minimum Gasteiger partial charge on any atom is -0.385 e. The average molecular weight is 364 g/mol. The molecule has 2 unspecified atom stereocenters. The molecule has 1 aliphatic rings. The van der Waals surface area contributed by atoms with Crippen LogP contribution >= 0.6 is 0 Å². The van der Waals surface area contributed by atoms with Gasteiger partial charge in [-0.2, -0.15) is 0 Å². The number of aryl methyl sites for hydroxylation is 1. The molecule has 1 aliphatic carbocycles. The summed E-state index contributed by atoms with van der Waals surface area (Å²) in [7, 11) is 4.22.